The zero-order valence-corrected chi connectivity index (χ0v) is 14.8. The van der Waals surface area contributed by atoms with E-state index in [1.54, 1.807) is 24.3 Å². The predicted octanol–water partition coefficient (Wildman–Crippen LogP) is 4.81. The molecule has 0 fully saturated rings. The summed E-state index contributed by atoms with van der Waals surface area (Å²) >= 11 is 5.83. The third kappa shape index (κ3) is 3.34. The van der Waals surface area contributed by atoms with Crippen LogP contribution >= 0.6 is 11.6 Å². The van der Waals surface area contributed by atoms with E-state index in [2.05, 4.69) is 5.16 Å². The van der Waals surface area contributed by atoms with Crippen molar-refractivity contribution in [3.8, 4) is 22.4 Å². The van der Waals surface area contributed by atoms with Crippen molar-refractivity contribution >= 4 is 21.4 Å². The second-order valence-electron chi connectivity index (χ2n) is 5.51. The Hall–Kier alpha value is -2.32. The van der Waals surface area contributed by atoms with Gasteiger partial charge in [0.15, 0.2) is 22.3 Å². The average Bonchev–Trinajstić information content (AvgIpc) is 2.97. The van der Waals surface area contributed by atoms with Gasteiger partial charge in [-0.15, -0.1) is 0 Å². The number of aromatic nitrogens is 1. The van der Waals surface area contributed by atoms with E-state index in [9.17, 15) is 21.6 Å². The molecule has 0 radical (unpaired) electrons. The van der Waals surface area contributed by atoms with Crippen molar-refractivity contribution in [2.75, 3.05) is 6.26 Å². The molecule has 0 aliphatic rings. The van der Waals surface area contributed by atoms with Gasteiger partial charge in [0.05, 0.1) is 5.56 Å². The van der Waals surface area contributed by atoms with E-state index >= 15 is 0 Å². The highest BCUT2D eigenvalue weighted by Gasteiger charge is 2.25. The summed E-state index contributed by atoms with van der Waals surface area (Å²) in [6.45, 7) is -1.06. The quantitative estimate of drug-likeness (QED) is 0.629. The third-order valence-corrected chi connectivity index (χ3v) is 5.04. The molecule has 0 amide bonds. The second kappa shape index (κ2) is 6.77. The Bertz CT molecular complexity index is 1060. The number of hydrogen-bond donors (Lipinski definition) is 0. The number of hydrogen-bond acceptors (Lipinski definition) is 4. The average molecular weight is 402 g/mol. The molecule has 3 rings (SSSR count). The van der Waals surface area contributed by atoms with E-state index in [0.717, 1.165) is 12.1 Å². The number of nitrogens with zero attached hydrogens (tertiary/aromatic N) is 1. The van der Waals surface area contributed by atoms with Gasteiger partial charge in [-0.2, -0.15) is 0 Å². The van der Waals surface area contributed by atoms with Crippen molar-refractivity contribution in [1.82, 2.24) is 5.16 Å². The van der Waals surface area contributed by atoms with Crippen molar-refractivity contribution in [3.05, 3.63) is 58.8 Å². The van der Waals surface area contributed by atoms with Gasteiger partial charge >= 0.3 is 0 Å². The molecule has 0 unspecified atom stereocenters. The summed E-state index contributed by atoms with van der Waals surface area (Å²) < 4.78 is 69.8. The molecule has 0 saturated carbocycles. The molecule has 136 valence electrons. The maximum Gasteiger partial charge on any atom is 0.181 e. The molecule has 0 atom stereocenters. The van der Waals surface area contributed by atoms with Crippen LogP contribution in [0.5, 0.6) is 0 Å². The Kier molecular flexibility index (Phi) is 4.81. The van der Waals surface area contributed by atoms with Gasteiger partial charge in [-0.25, -0.2) is 21.6 Å². The number of rotatable bonds is 4. The van der Waals surface area contributed by atoms with Crippen molar-refractivity contribution in [2.45, 2.75) is 11.6 Å². The minimum atomic E-state index is -4.11. The van der Waals surface area contributed by atoms with Crippen LogP contribution in [0.25, 0.3) is 22.4 Å². The lowest BCUT2D eigenvalue weighted by atomic mass is 9.99. The Balaban J connectivity index is 2.24. The largest absolute Gasteiger partial charge is 0.357 e. The normalized spacial score (nSPS) is 11.7. The molecule has 1 heterocycles. The molecule has 0 aliphatic heterocycles. The van der Waals surface area contributed by atoms with E-state index in [4.69, 9.17) is 16.1 Å². The van der Waals surface area contributed by atoms with Crippen LogP contribution < -0.4 is 0 Å². The molecular weight excluding hydrogens is 391 g/mol. The number of benzene rings is 2. The summed E-state index contributed by atoms with van der Waals surface area (Å²) in [5.74, 6) is -2.80. The minimum Gasteiger partial charge on any atom is -0.357 e. The van der Waals surface area contributed by atoms with Crippen LogP contribution in [0.2, 0.25) is 5.02 Å². The zero-order chi connectivity index (χ0) is 19.1. The van der Waals surface area contributed by atoms with Crippen LogP contribution in [0, 0.1) is 11.6 Å². The van der Waals surface area contributed by atoms with E-state index in [1.807, 2.05) is 0 Å². The summed E-state index contributed by atoms with van der Waals surface area (Å²) in [7, 11) is -4.11. The van der Waals surface area contributed by atoms with Crippen molar-refractivity contribution in [1.29, 1.82) is 0 Å². The van der Waals surface area contributed by atoms with Crippen LogP contribution in [-0.2, 0) is 16.5 Å². The summed E-state index contributed by atoms with van der Waals surface area (Å²) in [6, 6.07) is 7.93. The smallest absolute Gasteiger partial charge is 0.181 e. The van der Waals surface area contributed by atoms with Gasteiger partial charge in [-0.05, 0) is 29.8 Å². The lowest BCUT2D eigenvalue weighted by Gasteiger charge is -2.08. The van der Waals surface area contributed by atoms with Gasteiger partial charge in [-0.1, -0.05) is 28.9 Å². The van der Waals surface area contributed by atoms with Crippen molar-refractivity contribution in [3.63, 3.8) is 0 Å². The first-order valence-corrected chi connectivity index (χ1v) is 9.49. The highest BCUT2D eigenvalue weighted by Crippen LogP contribution is 2.37. The first-order valence-electron chi connectivity index (χ1n) is 7.22. The molecule has 0 spiro atoms. The first kappa shape index (κ1) is 18.5. The van der Waals surface area contributed by atoms with Crippen LogP contribution in [0.1, 0.15) is 5.76 Å². The summed E-state index contributed by atoms with van der Waals surface area (Å²) in [5, 5.41) is 4.23. The molecule has 9 heteroatoms. The number of sulfone groups is 1. The van der Waals surface area contributed by atoms with Crippen LogP contribution in [0.4, 0.5) is 13.2 Å². The molecule has 0 N–H and O–H groups in total. The van der Waals surface area contributed by atoms with Crippen molar-refractivity contribution < 1.29 is 26.1 Å². The molecule has 3 aromatic rings. The first-order chi connectivity index (χ1) is 12.2. The number of halogens is 4. The Labute approximate surface area is 152 Å². The van der Waals surface area contributed by atoms with Crippen molar-refractivity contribution in [2.24, 2.45) is 0 Å². The van der Waals surface area contributed by atoms with Gasteiger partial charge in [0, 0.05) is 16.8 Å². The summed E-state index contributed by atoms with van der Waals surface area (Å²) in [6.07, 6.45) is 0.694. The van der Waals surface area contributed by atoms with Crippen LogP contribution in [0.15, 0.2) is 45.8 Å². The molecule has 0 aliphatic carbocycles. The molecular formula is C17H11ClF3NO3S. The monoisotopic (exact) mass is 401 g/mol. The van der Waals surface area contributed by atoms with Gasteiger partial charge in [0.2, 0.25) is 0 Å². The highest BCUT2D eigenvalue weighted by molar-refractivity contribution is 7.90. The predicted molar refractivity (Wildman–Crippen MR) is 90.2 cm³/mol. The fraction of sp³-hybridized carbons (Fsp3) is 0.118. The zero-order valence-electron chi connectivity index (χ0n) is 13.3. The Morgan fingerprint density at radius 2 is 1.65 bits per heavy atom. The standard InChI is InChI=1S/C17H11ClF3NO3S/c1-26(23,24)17-12(20)6-10(7-13(17)21)15-14(8-19)25-22-16(15)9-2-4-11(18)5-3-9/h2-7H,8H2,1H3. The Morgan fingerprint density at radius 3 is 2.15 bits per heavy atom. The van der Waals surface area contributed by atoms with Gasteiger partial charge < -0.3 is 4.52 Å². The molecule has 2 aromatic carbocycles. The topological polar surface area (TPSA) is 60.2 Å². The third-order valence-electron chi connectivity index (χ3n) is 3.66. The van der Waals surface area contributed by atoms with Gasteiger partial charge in [0.1, 0.15) is 22.2 Å². The van der Waals surface area contributed by atoms with Gasteiger partial charge in [-0.3, -0.25) is 0 Å². The molecule has 0 bridgehead atoms. The lowest BCUT2D eigenvalue weighted by molar-refractivity contribution is 0.332. The highest BCUT2D eigenvalue weighted by atomic mass is 35.5. The maximum absolute atomic E-state index is 14.2. The van der Waals surface area contributed by atoms with Gasteiger partial charge in [0.25, 0.3) is 0 Å². The van der Waals surface area contributed by atoms with E-state index in [1.165, 1.54) is 0 Å². The lowest BCUT2D eigenvalue weighted by Crippen LogP contribution is -2.05. The summed E-state index contributed by atoms with van der Waals surface area (Å²) in [4.78, 5) is -1.05. The minimum absolute atomic E-state index is 0.0349. The fourth-order valence-corrected chi connectivity index (χ4v) is 3.53. The SMILES string of the molecule is CS(=O)(=O)c1c(F)cc(-c2c(-c3ccc(Cl)cc3)noc2CF)cc1F. The van der Waals surface area contributed by atoms with E-state index in [-0.39, 0.29) is 22.6 Å². The maximum atomic E-state index is 14.2. The second-order valence-corrected chi connectivity index (χ2v) is 7.90. The summed E-state index contributed by atoms with van der Waals surface area (Å²) in [5.41, 5.74) is 0.583. The molecule has 0 saturated heterocycles. The Morgan fingerprint density at radius 1 is 1.08 bits per heavy atom. The fourth-order valence-electron chi connectivity index (χ4n) is 2.58. The molecule has 4 nitrogen and oxygen atoms in total. The number of alkyl halides is 1. The molecule has 26 heavy (non-hydrogen) atoms. The van der Waals surface area contributed by atoms with E-state index < -0.39 is 33.0 Å². The van der Waals surface area contributed by atoms with Crippen LogP contribution in [0.3, 0.4) is 0 Å². The van der Waals surface area contributed by atoms with Crippen LogP contribution in [-0.4, -0.2) is 19.8 Å². The van der Waals surface area contributed by atoms with E-state index in [0.29, 0.717) is 16.8 Å². The molecule has 1 aromatic heterocycles.